The maximum absolute atomic E-state index is 7.97. The minimum Gasteiger partial charge on any atom is -0.244 e. The molecule has 0 aliphatic rings. The fourth-order valence-electron chi connectivity index (χ4n) is 0.147. The summed E-state index contributed by atoms with van der Waals surface area (Å²) in [6, 6.07) is 3.08. The molecular weight excluding hydrogens is 102 g/mol. The predicted octanol–water partition coefficient (Wildman–Crippen LogP) is 0.837. The molecule has 3 nitrogen and oxygen atoms in total. The van der Waals surface area contributed by atoms with E-state index in [1.165, 1.54) is 12.1 Å². The van der Waals surface area contributed by atoms with E-state index in [1.54, 1.807) is 0 Å². The average Bonchev–Trinajstić information content (AvgIpc) is 1.83. The Morgan fingerprint density at radius 3 is 2.12 bits per heavy atom. The number of hydrogen-bond donors (Lipinski definition) is 0. The Labute approximate surface area is 46.9 Å². The lowest BCUT2D eigenvalue weighted by Crippen LogP contribution is -1.64. The topological polar surface area (TPSA) is 51.9 Å². The number of nitriles is 2. The maximum atomic E-state index is 7.97. The molecule has 0 aromatic carbocycles. The molecule has 3 heteroatoms. The second kappa shape index (κ2) is 3.40. The van der Waals surface area contributed by atoms with Crippen molar-refractivity contribution in [2.45, 2.75) is 0 Å². The van der Waals surface area contributed by atoms with Crippen molar-refractivity contribution in [2.75, 3.05) is 0 Å². The van der Waals surface area contributed by atoms with Crippen LogP contribution in [0.25, 0.3) is 4.85 Å². The van der Waals surface area contributed by atoms with Gasteiger partial charge in [0.2, 0.25) is 0 Å². The molecule has 8 heavy (non-hydrogen) atoms. The third-order valence-electron chi connectivity index (χ3n) is 0.435. The average molecular weight is 103 g/mol. The van der Waals surface area contributed by atoms with Crippen LogP contribution in [0.2, 0.25) is 0 Å². The highest BCUT2D eigenvalue weighted by Crippen LogP contribution is 1.86. The summed E-state index contributed by atoms with van der Waals surface area (Å²) in [4.78, 5) is 2.72. The van der Waals surface area contributed by atoms with E-state index in [2.05, 4.69) is 4.85 Å². The summed E-state index contributed by atoms with van der Waals surface area (Å²) in [6.07, 6.45) is 0.889. The van der Waals surface area contributed by atoms with E-state index in [0.717, 1.165) is 6.20 Å². The maximum Gasteiger partial charge on any atom is 0.182 e. The fourth-order valence-corrected chi connectivity index (χ4v) is 0.147. The summed E-state index contributed by atoms with van der Waals surface area (Å²) < 4.78 is 0. The van der Waals surface area contributed by atoms with Crippen LogP contribution in [-0.4, -0.2) is 0 Å². The molecule has 0 atom stereocenters. The first-order valence-corrected chi connectivity index (χ1v) is 1.72. The lowest BCUT2D eigenvalue weighted by Gasteiger charge is -1.66. The standard InChI is InChI=1S/C5HN3/c1-8-4-5(2-6)3-7/h4H. The van der Waals surface area contributed by atoms with Gasteiger partial charge in [-0.05, 0) is 0 Å². The van der Waals surface area contributed by atoms with E-state index in [-0.39, 0.29) is 5.57 Å². The quantitative estimate of drug-likeness (QED) is 0.337. The van der Waals surface area contributed by atoms with Gasteiger partial charge >= 0.3 is 0 Å². The highest BCUT2D eigenvalue weighted by atomic mass is 14.6. The van der Waals surface area contributed by atoms with Crippen LogP contribution in [0.3, 0.4) is 0 Å². The van der Waals surface area contributed by atoms with E-state index < -0.39 is 0 Å². The molecule has 0 N–H and O–H groups in total. The molecular formula is C5HN3. The third-order valence-corrected chi connectivity index (χ3v) is 0.435. The van der Waals surface area contributed by atoms with Gasteiger partial charge in [0.25, 0.3) is 0 Å². The van der Waals surface area contributed by atoms with E-state index in [1.807, 2.05) is 0 Å². The Hall–Kier alpha value is -1.79. The normalized spacial score (nSPS) is 5.12. The SMILES string of the molecule is [C-]#[N+]C=C(C#N)C#N. The molecule has 36 valence electrons. The molecule has 0 heterocycles. The number of hydrogen-bond acceptors (Lipinski definition) is 2. The Balaban J connectivity index is 4.28. The molecule has 0 amide bonds. The highest BCUT2D eigenvalue weighted by molar-refractivity contribution is 5.36. The van der Waals surface area contributed by atoms with Crippen LogP contribution < -0.4 is 0 Å². The highest BCUT2D eigenvalue weighted by Gasteiger charge is 1.84. The third kappa shape index (κ3) is 1.60. The smallest absolute Gasteiger partial charge is 0.182 e. The zero-order valence-corrected chi connectivity index (χ0v) is 3.92. The molecule has 0 rings (SSSR count). The van der Waals surface area contributed by atoms with Crippen molar-refractivity contribution in [2.24, 2.45) is 0 Å². The largest absolute Gasteiger partial charge is 0.244 e. The predicted molar refractivity (Wildman–Crippen MR) is 25.9 cm³/mol. The molecule has 0 radical (unpaired) electrons. The van der Waals surface area contributed by atoms with E-state index in [4.69, 9.17) is 17.1 Å². The first-order chi connectivity index (χ1) is 3.85. The van der Waals surface area contributed by atoms with Gasteiger partial charge in [-0.25, -0.2) is 4.85 Å². The minimum atomic E-state index is -0.153. The van der Waals surface area contributed by atoms with Crippen LogP contribution in [0.5, 0.6) is 0 Å². The molecule has 0 aromatic heterocycles. The van der Waals surface area contributed by atoms with Crippen molar-refractivity contribution in [1.82, 2.24) is 0 Å². The molecule has 0 unspecified atom stereocenters. The zero-order valence-electron chi connectivity index (χ0n) is 3.92. The van der Waals surface area contributed by atoms with Crippen LogP contribution in [0.15, 0.2) is 11.8 Å². The summed E-state index contributed by atoms with van der Waals surface area (Å²) in [6.45, 7) is 6.19. The fraction of sp³-hybridized carbons (Fsp3) is 0. The van der Waals surface area contributed by atoms with Crippen molar-refractivity contribution < 1.29 is 0 Å². The van der Waals surface area contributed by atoms with Crippen LogP contribution in [-0.2, 0) is 0 Å². The monoisotopic (exact) mass is 103 g/mol. The first-order valence-electron chi connectivity index (χ1n) is 1.72. The first kappa shape index (κ1) is 6.21. The molecule has 0 saturated carbocycles. The lowest BCUT2D eigenvalue weighted by atomic mass is 10.4. The number of nitrogens with zero attached hydrogens (tertiary/aromatic N) is 3. The van der Waals surface area contributed by atoms with Gasteiger partial charge in [-0.3, -0.25) is 0 Å². The second-order valence-corrected chi connectivity index (χ2v) is 0.895. The van der Waals surface area contributed by atoms with Crippen LogP contribution in [0.4, 0.5) is 0 Å². The Bertz CT molecular complexity index is 202. The van der Waals surface area contributed by atoms with Gasteiger partial charge in [0.05, 0.1) is 18.7 Å². The molecule has 0 bridgehead atoms. The van der Waals surface area contributed by atoms with Gasteiger partial charge < -0.3 is 0 Å². The van der Waals surface area contributed by atoms with Gasteiger partial charge in [0.1, 0.15) is 5.57 Å². The molecule has 0 saturated heterocycles. The Morgan fingerprint density at radius 2 is 2.00 bits per heavy atom. The number of rotatable bonds is 0. The molecule has 0 aromatic rings. The zero-order chi connectivity index (χ0) is 6.41. The summed E-state index contributed by atoms with van der Waals surface area (Å²) in [5, 5.41) is 15.9. The van der Waals surface area contributed by atoms with Crippen molar-refractivity contribution >= 4 is 0 Å². The van der Waals surface area contributed by atoms with Crippen molar-refractivity contribution in [3.8, 4) is 12.1 Å². The van der Waals surface area contributed by atoms with Crippen LogP contribution >= 0.6 is 0 Å². The van der Waals surface area contributed by atoms with Crippen molar-refractivity contribution in [3.63, 3.8) is 0 Å². The molecule has 0 spiro atoms. The molecule has 0 aliphatic carbocycles. The van der Waals surface area contributed by atoms with E-state index in [0.29, 0.717) is 0 Å². The summed E-state index contributed by atoms with van der Waals surface area (Å²) in [7, 11) is 0. The molecule has 0 fully saturated rings. The van der Waals surface area contributed by atoms with Gasteiger partial charge in [-0.1, -0.05) is 0 Å². The Morgan fingerprint density at radius 1 is 1.50 bits per heavy atom. The number of allylic oxidation sites excluding steroid dienone is 1. The van der Waals surface area contributed by atoms with E-state index in [9.17, 15) is 0 Å². The van der Waals surface area contributed by atoms with Gasteiger partial charge in [-0.15, -0.1) is 0 Å². The van der Waals surface area contributed by atoms with Crippen molar-refractivity contribution in [3.05, 3.63) is 23.2 Å². The van der Waals surface area contributed by atoms with Crippen LogP contribution in [0, 0.1) is 29.2 Å². The summed E-state index contributed by atoms with van der Waals surface area (Å²) in [5.41, 5.74) is -0.153. The Kier molecular flexibility index (Phi) is 2.64. The van der Waals surface area contributed by atoms with Gasteiger partial charge in [0.15, 0.2) is 6.20 Å². The summed E-state index contributed by atoms with van der Waals surface area (Å²) >= 11 is 0. The minimum absolute atomic E-state index is 0.153. The second-order valence-electron chi connectivity index (χ2n) is 0.895. The van der Waals surface area contributed by atoms with Gasteiger partial charge in [0, 0.05) is 0 Å². The summed E-state index contributed by atoms with van der Waals surface area (Å²) in [5.74, 6) is 0. The lowest BCUT2D eigenvalue weighted by molar-refractivity contribution is 1.46. The van der Waals surface area contributed by atoms with E-state index >= 15 is 0 Å². The molecule has 0 aliphatic heterocycles. The van der Waals surface area contributed by atoms with Crippen molar-refractivity contribution in [1.29, 1.82) is 10.5 Å². The van der Waals surface area contributed by atoms with Gasteiger partial charge in [-0.2, -0.15) is 10.5 Å². The van der Waals surface area contributed by atoms with Crippen LogP contribution in [0.1, 0.15) is 0 Å².